The van der Waals surface area contributed by atoms with Crippen LogP contribution in [0.2, 0.25) is 0 Å². The molecule has 0 N–H and O–H groups in total. The summed E-state index contributed by atoms with van der Waals surface area (Å²) in [6, 6.07) is 7.54. The molecule has 4 heterocycles. The molecule has 0 aliphatic carbocycles. The van der Waals surface area contributed by atoms with E-state index in [1.807, 2.05) is 38.4 Å². The Morgan fingerprint density at radius 3 is 2.85 bits per heavy atom. The van der Waals surface area contributed by atoms with Crippen molar-refractivity contribution in [3.05, 3.63) is 48.1 Å². The van der Waals surface area contributed by atoms with Crippen LogP contribution >= 0.6 is 0 Å². The second-order valence-corrected chi connectivity index (χ2v) is 6.12. The summed E-state index contributed by atoms with van der Waals surface area (Å²) in [6.45, 7) is 2.14. The maximum absolute atomic E-state index is 5.92. The number of aryl methyl sites for hydroxylation is 2. The topological polar surface area (TPSA) is 109 Å². The predicted molar refractivity (Wildman–Crippen MR) is 93.9 cm³/mol. The molecule has 0 saturated heterocycles. The van der Waals surface area contributed by atoms with Gasteiger partial charge in [0.2, 0.25) is 5.82 Å². The summed E-state index contributed by atoms with van der Waals surface area (Å²) < 4.78 is 14.3. The third kappa shape index (κ3) is 2.58. The van der Waals surface area contributed by atoms with Crippen molar-refractivity contribution in [1.29, 1.82) is 0 Å². The van der Waals surface area contributed by atoms with Crippen molar-refractivity contribution in [2.45, 2.75) is 13.5 Å². The van der Waals surface area contributed by atoms with Crippen molar-refractivity contribution in [1.82, 2.24) is 40.0 Å². The maximum Gasteiger partial charge on any atom is 0.207 e. The highest BCUT2D eigenvalue weighted by molar-refractivity contribution is 5.97. The number of hydrogen-bond donors (Lipinski definition) is 0. The minimum absolute atomic E-state index is 0.314. The molecule has 10 nitrogen and oxygen atoms in total. The van der Waals surface area contributed by atoms with Gasteiger partial charge in [0.25, 0.3) is 0 Å². The van der Waals surface area contributed by atoms with Gasteiger partial charge in [-0.3, -0.25) is 4.68 Å². The molecule has 0 aliphatic rings. The molecule has 0 aliphatic heterocycles. The van der Waals surface area contributed by atoms with Gasteiger partial charge in [-0.25, -0.2) is 0 Å². The molecule has 5 aromatic rings. The molecular weight excluding hydrogens is 348 g/mol. The Kier molecular flexibility index (Phi) is 3.35. The van der Waals surface area contributed by atoms with Crippen molar-refractivity contribution >= 4 is 16.4 Å². The summed E-state index contributed by atoms with van der Waals surface area (Å²) in [4.78, 5) is 0. The van der Waals surface area contributed by atoms with E-state index in [0.717, 1.165) is 16.5 Å². The van der Waals surface area contributed by atoms with Crippen LogP contribution in [-0.2, 0) is 13.7 Å². The zero-order chi connectivity index (χ0) is 18.4. The molecule has 5 rings (SSSR count). The number of hydrogen-bond acceptors (Lipinski definition) is 8. The zero-order valence-electron chi connectivity index (χ0n) is 14.6. The third-order valence-corrected chi connectivity index (χ3v) is 4.13. The van der Waals surface area contributed by atoms with Crippen LogP contribution in [0.1, 0.15) is 11.5 Å². The van der Waals surface area contributed by atoms with Gasteiger partial charge in [0.1, 0.15) is 23.8 Å². The Balaban J connectivity index is 1.57. The Morgan fingerprint density at radius 2 is 2.07 bits per heavy atom. The number of ether oxygens (including phenoxy) is 1. The molecule has 0 fully saturated rings. The van der Waals surface area contributed by atoms with E-state index < -0.39 is 0 Å². The van der Waals surface area contributed by atoms with E-state index in [0.29, 0.717) is 35.3 Å². The predicted octanol–water partition coefficient (Wildman–Crippen LogP) is 1.95. The van der Waals surface area contributed by atoms with Crippen molar-refractivity contribution in [2.75, 3.05) is 0 Å². The standard InChI is InChI=1S/C17H14N8O2/c1-10-6-14(22-27-10)17-21-20-16-12-4-3-5-15(13(12)7-18-25(16)17)26-9-11-8-24(2)23-19-11/h3-8H,9H2,1-2H3. The molecule has 0 atom stereocenters. The van der Waals surface area contributed by atoms with E-state index >= 15 is 0 Å². The molecule has 134 valence electrons. The van der Waals surface area contributed by atoms with E-state index in [1.165, 1.54) is 0 Å². The van der Waals surface area contributed by atoms with Crippen molar-refractivity contribution < 1.29 is 9.26 Å². The van der Waals surface area contributed by atoms with Gasteiger partial charge in [0.05, 0.1) is 12.4 Å². The molecule has 0 amide bonds. The van der Waals surface area contributed by atoms with Crippen LogP contribution in [0.15, 0.2) is 41.2 Å². The van der Waals surface area contributed by atoms with Crippen molar-refractivity contribution in [3.63, 3.8) is 0 Å². The van der Waals surface area contributed by atoms with E-state index in [1.54, 1.807) is 21.5 Å². The van der Waals surface area contributed by atoms with E-state index in [9.17, 15) is 0 Å². The van der Waals surface area contributed by atoms with Gasteiger partial charge in [-0.1, -0.05) is 22.5 Å². The Labute approximate surface area is 152 Å². The largest absolute Gasteiger partial charge is 0.486 e. The van der Waals surface area contributed by atoms with Crippen molar-refractivity contribution in [2.24, 2.45) is 7.05 Å². The average molecular weight is 362 g/mol. The van der Waals surface area contributed by atoms with Crippen LogP contribution in [0.25, 0.3) is 27.9 Å². The highest BCUT2D eigenvalue weighted by atomic mass is 16.5. The zero-order valence-corrected chi connectivity index (χ0v) is 14.6. The molecule has 4 aromatic heterocycles. The van der Waals surface area contributed by atoms with Gasteiger partial charge in [-0.2, -0.15) is 9.61 Å². The van der Waals surface area contributed by atoms with Crippen LogP contribution in [-0.4, -0.2) is 40.0 Å². The molecule has 27 heavy (non-hydrogen) atoms. The lowest BCUT2D eigenvalue weighted by Gasteiger charge is -2.08. The first-order chi connectivity index (χ1) is 13.2. The van der Waals surface area contributed by atoms with Gasteiger partial charge in [0, 0.05) is 23.9 Å². The Bertz CT molecular complexity index is 1270. The quantitative estimate of drug-likeness (QED) is 0.477. The lowest BCUT2D eigenvalue weighted by molar-refractivity contribution is 0.305. The first-order valence-corrected chi connectivity index (χ1v) is 8.24. The highest BCUT2D eigenvalue weighted by Crippen LogP contribution is 2.29. The van der Waals surface area contributed by atoms with E-state index in [-0.39, 0.29) is 0 Å². The normalized spacial score (nSPS) is 11.5. The smallest absolute Gasteiger partial charge is 0.207 e. The molecule has 0 bridgehead atoms. The first-order valence-electron chi connectivity index (χ1n) is 8.24. The molecular formula is C17H14N8O2. The minimum Gasteiger partial charge on any atom is -0.486 e. The van der Waals surface area contributed by atoms with Crippen LogP contribution in [0.3, 0.4) is 0 Å². The van der Waals surface area contributed by atoms with Gasteiger partial charge < -0.3 is 9.26 Å². The second-order valence-electron chi connectivity index (χ2n) is 6.12. The number of aromatic nitrogens is 8. The number of benzene rings is 1. The second kappa shape index (κ2) is 5.87. The summed E-state index contributed by atoms with van der Waals surface area (Å²) in [5.74, 6) is 1.91. The Hall–Kier alpha value is -3.82. The van der Waals surface area contributed by atoms with Crippen molar-refractivity contribution in [3.8, 4) is 17.3 Å². The minimum atomic E-state index is 0.314. The average Bonchev–Trinajstić information content (AvgIpc) is 3.39. The van der Waals surface area contributed by atoms with Gasteiger partial charge in [-0.05, 0) is 13.0 Å². The number of rotatable bonds is 4. The summed E-state index contributed by atoms with van der Waals surface area (Å²) >= 11 is 0. The maximum atomic E-state index is 5.92. The summed E-state index contributed by atoms with van der Waals surface area (Å²) in [5.41, 5.74) is 1.95. The Morgan fingerprint density at radius 1 is 1.15 bits per heavy atom. The van der Waals surface area contributed by atoms with Crippen LogP contribution in [0.4, 0.5) is 0 Å². The van der Waals surface area contributed by atoms with E-state index in [2.05, 4.69) is 30.8 Å². The summed E-state index contributed by atoms with van der Waals surface area (Å²) in [5, 5.41) is 26.6. The van der Waals surface area contributed by atoms with Crippen LogP contribution < -0.4 is 4.74 Å². The molecule has 10 heteroatoms. The molecule has 0 saturated carbocycles. The molecule has 1 aromatic carbocycles. The lowest BCUT2D eigenvalue weighted by atomic mass is 10.2. The monoisotopic (exact) mass is 362 g/mol. The molecule has 0 radical (unpaired) electrons. The van der Waals surface area contributed by atoms with Crippen LogP contribution in [0.5, 0.6) is 5.75 Å². The third-order valence-electron chi connectivity index (χ3n) is 4.13. The fourth-order valence-electron chi connectivity index (χ4n) is 2.92. The lowest BCUT2D eigenvalue weighted by Crippen LogP contribution is -1.99. The van der Waals surface area contributed by atoms with E-state index in [4.69, 9.17) is 9.26 Å². The van der Waals surface area contributed by atoms with Crippen LogP contribution in [0, 0.1) is 6.92 Å². The van der Waals surface area contributed by atoms with Gasteiger partial charge in [-0.15, -0.1) is 15.3 Å². The SMILES string of the molecule is Cc1cc(-c2nnc3c4cccc(OCc5cn(C)nn5)c4cnn23)no1. The molecule has 0 spiro atoms. The highest BCUT2D eigenvalue weighted by Gasteiger charge is 2.16. The molecule has 0 unspecified atom stereocenters. The fraction of sp³-hybridized carbons (Fsp3) is 0.176. The number of fused-ring (bicyclic) bond motifs is 3. The first kappa shape index (κ1) is 15.4. The fourth-order valence-corrected chi connectivity index (χ4v) is 2.92. The summed E-state index contributed by atoms with van der Waals surface area (Å²) in [6.07, 6.45) is 3.54. The van der Waals surface area contributed by atoms with Gasteiger partial charge >= 0.3 is 0 Å². The number of nitrogens with zero attached hydrogens (tertiary/aromatic N) is 8. The summed E-state index contributed by atoms with van der Waals surface area (Å²) in [7, 11) is 1.81. The van der Waals surface area contributed by atoms with Gasteiger partial charge in [0.15, 0.2) is 11.3 Å².